The summed E-state index contributed by atoms with van der Waals surface area (Å²) in [5, 5.41) is 9.51. The van der Waals surface area contributed by atoms with Crippen LogP contribution in [0.1, 0.15) is 46.9 Å². The SMILES string of the molecule is Cc1cccc(-c2nc(CCCCCCO)nc3sc(C(N)=O)c(N)c23)n1. The first kappa shape index (κ1) is 19.2. The average Bonchev–Trinajstić information content (AvgIpc) is 2.98. The van der Waals surface area contributed by atoms with E-state index >= 15 is 0 Å². The molecule has 0 atom stereocenters. The number of rotatable bonds is 8. The molecular formula is C19H23N5O2S. The predicted molar refractivity (Wildman–Crippen MR) is 108 cm³/mol. The van der Waals surface area contributed by atoms with Crippen molar-refractivity contribution >= 4 is 33.1 Å². The van der Waals surface area contributed by atoms with Crippen LogP contribution in [0.5, 0.6) is 0 Å². The molecule has 0 saturated carbocycles. The standard InChI is InChI=1S/C19H23N5O2S/c1-11-7-6-8-12(22-11)16-14-15(20)17(18(21)26)27-19(14)24-13(23-16)9-4-2-3-5-10-25/h6-8,25H,2-5,9-10,20H2,1H3,(H2,21,26). The van der Waals surface area contributed by atoms with Crippen LogP contribution in [-0.2, 0) is 6.42 Å². The lowest BCUT2D eigenvalue weighted by Crippen LogP contribution is -2.10. The van der Waals surface area contributed by atoms with Gasteiger partial charge in [0.05, 0.1) is 16.8 Å². The Morgan fingerprint density at radius 1 is 1.15 bits per heavy atom. The molecule has 0 spiro atoms. The summed E-state index contributed by atoms with van der Waals surface area (Å²) in [5.74, 6) is 0.131. The number of hydrogen-bond acceptors (Lipinski definition) is 7. The van der Waals surface area contributed by atoms with Gasteiger partial charge in [-0.2, -0.15) is 0 Å². The number of fused-ring (bicyclic) bond motifs is 1. The molecule has 1 amide bonds. The number of aliphatic hydroxyl groups is 1. The summed E-state index contributed by atoms with van der Waals surface area (Å²) in [5.41, 5.74) is 14.2. The Labute approximate surface area is 161 Å². The van der Waals surface area contributed by atoms with Crippen LogP contribution in [0.4, 0.5) is 5.69 Å². The van der Waals surface area contributed by atoms with Gasteiger partial charge in [0.2, 0.25) is 0 Å². The van der Waals surface area contributed by atoms with Crippen LogP contribution in [-0.4, -0.2) is 32.6 Å². The molecule has 3 rings (SSSR count). The topological polar surface area (TPSA) is 128 Å². The molecule has 5 N–H and O–H groups in total. The summed E-state index contributed by atoms with van der Waals surface area (Å²) in [6, 6.07) is 5.70. The Balaban J connectivity index is 2.05. The number of carbonyl (C=O) groups is 1. The molecule has 27 heavy (non-hydrogen) atoms. The molecule has 0 aliphatic rings. The van der Waals surface area contributed by atoms with Crippen molar-refractivity contribution in [1.82, 2.24) is 15.0 Å². The molecule has 0 aromatic carbocycles. The fourth-order valence-corrected chi connectivity index (χ4v) is 3.94. The highest BCUT2D eigenvalue weighted by molar-refractivity contribution is 7.21. The molecule has 0 bridgehead atoms. The minimum absolute atomic E-state index is 0.218. The third-order valence-electron chi connectivity index (χ3n) is 4.30. The van der Waals surface area contributed by atoms with Crippen LogP contribution >= 0.6 is 11.3 Å². The van der Waals surface area contributed by atoms with Crippen molar-refractivity contribution in [3.05, 3.63) is 34.6 Å². The zero-order valence-electron chi connectivity index (χ0n) is 15.2. The van der Waals surface area contributed by atoms with Gasteiger partial charge < -0.3 is 16.6 Å². The zero-order valence-corrected chi connectivity index (χ0v) is 16.1. The number of nitrogens with two attached hydrogens (primary N) is 2. The minimum Gasteiger partial charge on any atom is -0.397 e. The summed E-state index contributed by atoms with van der Waals surface area (Å²) in [6.07, 6.45) is 4.42. The van der Waals surface area contributed by atoms with Crippen molar-refractivity contribution in [3.8, 4) is 11.4 Å². The highest BCUT2D eigenvalue weighted by atomic mass is 32.1. The number of aliphatic hydroxyl groups excluding tert-OH is 1. The van der Waals surface area contributed by atoms with Gasteiger partial charge in [-0.05, 0) is 31.9 Å². The number of unbranched alkanes of at least 4 members (excludes halogenated alkanes) is 3. The fraction of sp³-hybridized carbons (Fsp3) is 0.368. The van der Waals surface area contributed by atoms with Crippen molar-refractivity contribution in [2.75, 3.05) is 12.3 Å². The van der Waals surface area contributed by atoms with E-state index in [1.807, 2.05) is 25.1 Å². The smallest absolute Gasteiger partial charge is 0.260 e. The van der Waals surface area contributed by atoms with Crippen molar-refractivity contribution in [1.29, 1.82) is 0 Å². The second-order valence-corrected chi connectivity index (χ2v) is 7.43. The number of aryl methyl sites for hydroxylation is 2. The molecule has 0 saturated heterocycles. The lowest BCUT2D eigenvalue weighted by molar-refractivity contribution is 0.100. The third kappa shape index (κ3) is 4.23. The van der Waals surface area contributed by atoms with Crippen molar-refractivity contribution in [3.63, 3.8) is 0 Å². The second kappa shape index (κ2) is 8.41. The predicted octanol–water partition coefficient (Wildman–Crippen LogP) is 2.84. The van der Waals surface area contributed by atoms with Gasteiger partial charge in [-0.25, -0.2) is 9.97 Å². The van der Waals surface area contributed by atoms with E-state index in [2.05, 4.69) is 9.97 Å². The van der Waals surface area contributed by atoms with E-state index in [0.29, 0.717) is 44.4 Å². The van der Waals surface area contributed by atoms with Gasteiger partial charge in [0, 0.05) is 18.7 Å². The van der Waals surface area contributed by atoms with Gasteiger partial charge in [-0.3, -0.25) is 9.78 Å². The quantitative estimate of drug-likeness (QED) is 0.512. The molecule has 0 radical (unpaired) electrons. The van der Waals surface area contributed by atoms with Crippen LogP contribution in [0, 0.1) is 6.92 Å². The number of nitrogen functional groups attached to an aromatic ring is 1. The molecule has 142 valence electrons. The Bertz CT molecular complexity index is 970. The molecule has 8 heteroatoms. The van der Waals surface area contributed by atoms with E-state index in [0.717, 1.165) is 31.4 Å². The highest BCUT2D eigenvalue weighted by Gasteiger charge is 2.21. The van der Waals surface area contributed by atoms with Crippen LogP contribution in [0.25, 0.3) is 21.6 Å². The molecular weight excluding hydrogens is 362 g/mol. The number of anilines is 1. The summed E-state index contributed by atoms with van der Waals surface area (Å²) < 4.78 is 0. The Kier molecular flexibility index (Phi) is 5.98. The van der Waals surface area contributed by atoms with Crippen LogP contribution in [0.2, 0.25) is 0 Å². The summed E-state index contributed by atoms with van der Waals surface area (Å²) in [7, 11) is 0. The highest BCUT2D eigenvalue weighted by Crippen LogP contribution is 2.37. The van der Waals surface area contributed by atoms with Gasteiger partial charge >= 0.3 is 0 Å². The monoisotopic (exact) mass is 385 g/mol. The van der Waals surface area contributed by atoms with E-state index in [1.54, 1.807) is 0 Å². The largest absolute Gasteiger partial charge is 0.397 e. The van der Waals surface area contributed by atoms with E-state index in [4.69, 9.17) is 21.6 Å². The zero-order chi connectivity index (χ0) is 19.4. The van der Waals surface area contributed by atoms with Gasteiger partial charge in [-0.15, -0.1) is 11.3 Å². The maximum absolute atomic E-state index is 11.7. The number of nitrogens with zero attached hydrogens (tertiary/aromatic N) is 3. The Morgan fingerprint density at radius 3 is 2.63 bits per heavy atom. The van der Waals surface area contributed by atoms with E-state index in [-0.39, 0.29) is 6.61 Å². The van der Waals surface area contributed by atoms with Crippen LogP contribution in [0.15, 0.2) is 18.2 Å². The molecule has 0 aliphatic carbocycles. The number of primary amides is 1. The maximum atomic E-state index is 11.7. The van der Waals surface area contributed by atoms with E-state index in [1.165, 1.54) is 11.3 Å². The molecule has 0 unspecified atom stereocenters. The molecule has 0 fully saturated rings. The van der Waals surface area contributed by atoms with Crippen LogP contribution < -0.4 is 11.5 Å². The van der Waals surface area contributed by atoms with Gasteiger partial charge in [-0.1, -0.05) is 18.9 Å². The van der Waals surface area contributed by atoms with E-state index in [9.17, 15) is 4.79 Å². The molecule has 3 heterocycles. The number of thiophene rings is 1. The molecule has 7 nitrogen and oxygen atoms in total. The van der Waals surface area contributed by atoms with Gasteiger partial charge in [0.15, 0.2) is 0 Å². The lowest BCUT2D eigenvalue weighted by Gasteiger charge is -2.07. The van der Waals surface area contributed by atoms with Crippen molar-refractivity contribution < 1.29 is 9.90 Å². The molecule has 3 aromatic heterocycles. The number of carbonyl (C=O) groups excluding carboxylic acids is 1. The number of amides is 1. The Hall–Kier alpha value is -2.58. The summed E-state index contributed by atoms with van der Waals surface area (Å²) in [4.78, 5) is 26.6. The maximum Gasteiger partial charge on any atom is 0.260 e. The first-order chi connectivity index (χ1) is 13.0. The number of pyridine rings is 1. The van der Waals surface area contributed by atoms with Crippen LogP contribution in [0.3, 0.4) is 0 Å². The first-order valence-corrected chi connectivity index (χ1v) is 9.76. The van der Waals surface area contributed by atoms with Gasteiger partial charge in [0.25, 0.3) is 5.91 Å². The van der Waals surface area contributed by atoms with Gasteiger partial charge in [0.1, 0.15) is 21.2 Å². The third-order valence-corrected chi connectivity index (χ3v) is 5.41. The number of aromatic nitrogens is 3. The Morgan fingerprint density at radius 2 is 1.93 bits per heavy atom. The number of hydrogen-bond donors (Lipinski definition) is 3. The first-order valence-electron chi connectivity index (χ1n) is 8.95. The normalized spacial score (nSPS) is 11.2. The summed E-state index contributed by atoms with van der Waals surface area (Å²) in [6.45, 7) is 2.13. The van der Waals surface area contributed by atoms with Crippen molar-refractivity contribution in [2.24, 2.45) is 5.73 Å². The minimum atomic E-state index is -0.566. The van der Waals surface area contributed by atoms with E-state index < -0.39 is 5.91 Å². The average molecular weight is 385 g/mol. The fourth-order valence-electron chi connectivity index (χ4n) is 2.97. The lowest BCUT2D eigenvalue weighted by atomic mass is 10.1. The summed E-state index contributed by atoms with van der Waals surface area (Å²) >= 11 is 1.20. The van der Waals surface area contributed by atoms with Crippen molar-refractivity contribution in [2.45, 2.75) is 39.0 Å². The molecule has 0 aliphatic heterocycles. The second-order valence-electron chi connectivity index (χ2n) is 6.43. The molecule has 3 aromatic rings.